The number of aromatic carboxylic acids is 1. The molecule has 0 saturated heterocycles. The van der Waals surface area contributed by atoms with Gasteiger partial charge in [-0.15, -0.1) is 22.7 Å². The van der Waals surface area contributed by atoms with Gasteiger partial charge in [0.15, 0.2) is 0 Å². The zero-order chi connectivity index (χ0) is 11.9. The number of carboxylic acid groups (broad SMARTS) is 1. The van der Waals surface area contributed by atoms with E-state index in [-0.39, 0.29) is 0 Å². The highest BCUT2D eigenvalue weighted by Gasteiger charge is 2.20. The summed E-state index contributed by atoms with van der Waals surface area (Å²) in [5, 5.41) is 12.0. The molecule has 2 aromatic rings. The van der Waals surface area contributed by atoms with Crippen molar-refractivity contribution in [1.29, 1.82) is 0 Å². The van der Waals surface area contributed by atoms with Gasteiger partial charge in [-0.1, -0.05) is 0 Å². The van der Waals surface area contributed by atoms with Gasteiger partial charge in [0, 0.05) is 16.0 Å². The van der Waals surface area contributed by atoms with E-state index in [0.29, 0.717) is 5.56 Å². The molecule has 0 aliphatic rings. The Balaban J connectivity index is 2.59. The van der Waals surface area contributed by atoms with Crippen molar-refractivity contribution in [2.24, 2.45) is 0 Å². The molecule has 0 spiro atoms. The summed E-state index contributed by atoms with van der Waals surface area (Å²) in [6, 6.07) is 0. The monoisotopic (exact) mass is 253 g/mol. The fraction of sp³-hybridized carbons (Fsp3) is 0.273. The highest BCUT2D eigenvalue weighted by Crippen LogP contribution is 2.37. The van der Waals surface area contributed by atoms with Gasteiger partial charge in [-0.2, -0.15) is 0 Å². The number of aryl methyl sites for hydroxylation is 2. The number of hydrogen-bond donors (Lipinski definition) is 1. The van der Waals surface area contributed by atoms with Crippen LogP contribution in [0, 0.1) is 20.8 Å². The van der Waals surface area contributed by atoms with Gasteiger partial charge in [0.2, 0.25) is 0 Å². The molecule has 0 aromatic carbocycles. The third kappa shape index (κ3) is 1.76. The molecule has 0 bridgehead atoms. The minimum atomic E-state index is -0.856. The van der Waals surface area contributed by atoms with E-state index in [2.05, 4.69) is 4.98 Å². The van der Waals surface area contributed by atoms with Gasteiger partial charge in [-0.05, 0) is 26.3 Å². The van der Waals surface area contributed by atoms with Crippen molar-refractivity contribution in [2.75, 3.05) is 0 Å². The summed E-state index contributed by atoms with van der Waals surface area (Å²) in [6.45, 7) is 5.62. The number of thiazole rings is 1. The van der Waals surface area contributed by atoms with Gasteiger partial charge in [0.1, 0.15) is 5.01 Å². The number of aromatic nitrogens is 1. The van der Waals surface area contributed by atoms with Gasteiger partial charge in [-0.3, -0.25) is 0 Å². The highest BCUT2D eigenvalue weighted by molar-refractivity contribution is 7.21. The van der Waals surface area contributed by atoms with Crippen molar-refractivity contribution in [3.63, 3.8) is 0 Å². The van der Waals surface area contributed by atoms with Crippen molar-refractivity contribution in [1.82, 2.24) is 4.98 Å². The molecule has 0 fully saturated rings. The lowest BCUT2D eigenvalue weighted by Gasteiger charge is -1.95. The number of nitrogens with zero attached hydrogens (tertiary/aromatic N) is 1. The lowest BCUT2D eigenvalue weighted by Crippen LogP contribution is -1.98. The third-order valence-electron chi connectivity index (χ3n) is 2.35. The van der Waals surface area contributed by atoms with E-state index < -0.39 is 5.97 Å². The molecule has 1 N–H and O–H groups in total. The second-order valence-corrected chi connectivity index (χ2v) is 5.67. The summed E-state index contributed by atoms with van der Waals surface area (Å²) < 4.78 is 0. The fourth-order valence-electron chi connectivity index (χ4n) is 1.63. The maximum absolute atomic E-state index is 11.1. The molecule has 0 amide bonds. The van der Waals surface area contributed by atoms with Crippen molar-refractivity contribution >= 4 is 28.6 Å². The summed E-state index contributed by atoms with van der Waals surface area (Å²) in [4.78, 5) is 17.3. The van der Waals surface area contributed by atoms with Crippen LogP contribution >= 0.6 is 22.7 Å². The Morgan fingerprint density at radius 2 is 2.06 bits per heavy atom. The van der Waals surface area contributed by atoms with E-state index in [1.165, 1.54) is 11.3 Å². The van der Waals surface area contributed by atoms with Crippen LogP contribution in [0.2, 0.25) is 0 Å². The first kappa shape index (κ1) is 11.3. The van der Waals surface area contributed by atoms with E-state index in [0.717, 1.165) is 26.0 Å². The van der Waals surface area contributed by atoms with Crippen LogP contribution in [0.3, 0.4) is 0 Å². The molecule has 0 aliphatic heterocycles. The van der Waals surface area contributed by atoms with Crippen molar-refractivity contribution in [3.05, 3.63) is 27.1 Å². The normalized spacial score (nSPS) is 10.7. The van der Waals surface area contributed by atoms with Crippen LogP contribution < -0.4 is 0 Å². The van der Waals surface area contributed by atoms with Gasteiger partial charge >= 0.3 is 5.97 Å². The third-order valence-corrected chi connectivity index (χ3v) is 4.67. The number of thiophene rings is 1. The molecule has 2 rings (SSSR count). The molecule has 0 aliphatic carbocycles. The van der Waals surface area contributed by atoms with Crippen molar-refractivity contribution in [2.45, 2.75) is 20.8 Å². The van der Waals surface area contributed by atoms with Crippen LogP contribution in [0.1, 0.15) is 26.5 Å². The Morgan fingerprint density at radius 1 is 1.38 bits per heavy atom. The van der Waals surface area contributed by atoms with E-state index >= 15 is 0 Å². The molecule has 0 radical (unpaired) electrons. The van der Waals surface area contributed by atoms with E-state index in [1.807, 2.05) is 26.2 Å². The summed E-state index contributed by atoms with van der Waals surface area (Å²) in [5.41, 5.74) is 2.22. The molecular formula is C11H11NO2S2. The van der Waals surface area contributed by atoms with Crippen molar-refractivity contribution in [3.8, 4) is 9.88 Å². The lowest BCUT2D eigenvalue weighted by atomic mass is 10.1. The molecule has 2 heterocycles. The first-order chi connectivity index (χ1) is 7.50. The molecular weight excluding hydrogens is 242 g/mol. The Kier molecular flexibility index (Phi) is 2.82. The minimum Gasteiger partial charge on any atom is -0.478 e. The summed E-state index contributed by atoms with van der Waals surface area (Å²) in [5.74, 6) is -0.856. The quantitative estimate of drug-likeness (QED) is 0.891. The Bertz CT molecular complexity index is 554. The topological polar surface area (TPSA) is 50.2 Å². The minimum absolute atomic E-state index is 0.424. The molecule has 16 heavy (non-hydrogen) atoms. The standard InChI is InChI=1S/C11H11NO2S2/c1-5-4-15-10(12-5)9-6(2)8(11(13)14)7(3)16-9/h4H,1-3H3,(H,13,14). The number of hydrogen-bond acceptors (Lipinski definition) is 4. The lowest BCUT2D eigenvalue weighted by molar-refractivity contribution is 0.0696. The van der Waals surface area contributed by atoms with Crippen LogP contribution in [0.5, 0.6) is 0 Å². The van der Waals surface area contributed by atoms with Gasteiger partial charge in [-0.25, -0.2) is 9.78 Å². The smallest absolute Gasteiger partial charge is 0.337 e. The Labute approximate surface area is 101 Å². The largest absolute Gasteiger partial charge is 0.478 e. The fourth-order valence-corrected chi connectivity index (χ4v) is 3.73. The molecule has 3 nitrogen and oxygen atoms in total. The molecule has 5 heteroatoms. The highest BCUT2D eigenvalue weighted by atomic mass is 32.1. The van der Waals surface area contributed by atoms with Crippen LogP contribution in [-0.4, -0.2) is 16.1 Å². The number of carbonyl (C=O) groups is 1. The van der Waals surface area contributed by atoms with Gasteiger partial charge in [0.05, 0.1) is 10.4 Å². The van der Waals surface area contributed by atoms with Crippen molar-refractivity contribution < 1.29 is 9.90 Å². The van der Waals surface area contributed by atoms with Crippen LogP contribution in [0.25, 0.3) is 9.88 Å². The maximum Gasteiger partial charge on any atom is 0.337 e. The van der Waals surface area contributed by atoms with Gasteiger partial charge < -0.3 is 5.11 Å². The molecule has 2 aromatic heterocycles. The zero-order valence-corrected chi connectivity index (χ0v) is 10.8. The average molecular weight is 253 g/mol. The predicted octanol–water partition coefficient (Wildman–Crippen LogP) is 3.50. The number of carboxylic acids is 1. The Hall–Kier alpha value is -1.20. The second kappa shape index (κ2) is 3.99. The SMILES string of the molecule is Cc1csc(-c2sc(C)c(C(=O)O)c2C)n1. The van der Waals surface area contributed by atoms with Crippen LogP contribution in [0.4, 0.5) is 0 Å². The summed E-state index contributed by atoms with van der Waals surface area (Å²) in [7, 11) is 0. The van der Waals surface area contributed by atoms with E-state index in [1.54, 1.807) is 11.3 Å². The average Bonchev–Trinajstić information content (AvgIpc) is 2.70. The molecule has 84 valence electrons. The first-order valence-corrected chi connectivity index (χ1v) is 6.46. The Morgan fingerprint density at radius 3 is 2.50 bits per heavy atom. The first-order valence-electron chi connectivity index (χ1n) is 4.76. The maximum atomic E-state index is 11.1. The van der Waals surface area contributed by atoms with E-state index in [9.17, 15) is 4.79 Å². The number of rotatable bonds is 2. The zero-order valence-electron chi connectivity index (χ0n) is 9.20. The van der Waals surface area contributed by atoms with Crippen LogP contribution in [-0.2, 0) is 0 Å². The summed E-state index contributed by atoms with van der Waals surface area (Å²) in [6.07, 6.45) is 0. The second-order valence-electron chi connectivity index (χ2n) is 3.59. The van der Waals surface area contributed by atoms with E-state index in [4.69, 9.17) is 5.11 Å². The van der Waals surface area contributed by atoms with Crippen LogP contribution in [0.15, 0.2) is 5.38 Å². The summed E-state index contributed by atoms with van der Waals surface area (Å²) >= 11 is 3.06. The molecule has 0 unspecified atom stereocenters. The predicted molar refractivity (Wildman–Crippen MR) is 66.6 cm³/mol. The molecule has 0 atom stereocenters. The molecule has 0 saturated carbocycles. The van der Waals surface area contributed by atoms with Gasteiger partial charge in [0.25, 0.3) is 0 Å².